The van der Waals surface area contributed by atoms with Crippen LogP contribution in [-0.4, -0.2) is 64.2 Å². The number of rotatable bonds is 6. The van der Waals surface area contributed by atoms with Crippen LogP contribution in [-0.2, 0) is 22.7 Å². The molecule has 0 saturated carbocycles. The van der Waals surface area contributed by atoms with E-state index >= 15 is 0 Å². The molecule has 2 fully saturated rings. The zero-order valence-electron chi connectivity index (χ0n) is 16.0. The van der Waals surface area contributed by atoms with E-state index in [4.69, 9.17) is 4.74 Å². The van der Waals surface area contributed by atoms with Crippen molar-refractivity contribution in [3.63, 3.8) is 0 Å². The Hall–Kier alpha value is -2.12. The number of carbonyl (C=O) groups is 2. The van der Waals surface area contributed by atoms with E-state index in [2.05, 4.69) is 4.90 Å². The van der Waals surface area contributed by atoms with E-state index in [0.29, 0.717) is 25.2 Å². The summed E-state index contributed by atoms with van der Waals surface area (Å²) in [6.07, 6.45) is 1.43. The third-order valence-corrected chi connectivity index (χ3v) is 6.09. The average molecular weight is 376 g/mol. The van der Waals surface area contributed by atoms with Crippen molar-refractivity contribution in [2.45, 2.75) is 44.9 Å². The Morgan fingerprint density at radius 2 is 2.04 bits per heavy atom. The van der Waals surface area contributed by atoms with Crippen LogP contribution in [0.3, 0.4) is 0 Å². The van der Waals surface area contributed by atoms with Crippen LogP contribution in [0.25, 0.3) is 0 Å². The smallest absolute Gasteiger partial charge is 0.309 e. The van der Waals surface area contributed by atoms with Gasteiger partial charge in [0.2, 0.25) is 5.91 Å². The molecule has 2 saturated heterocycles. The highest BCUT2D eigenvalue weighted by atomic mass is 16.5. The maximum atomic E-state index is 12.1. The van der Waals surface area contributed by atoms with Crippen LogP contribution in [0.15, 0.2) is 18.2 Å². The number of amides is 1. The molecule has 1 aromatic carbocycles. The minimum atomic E-state index is -0.875. The summed E-state index contributed by atoms with van der Waals surface area (Å²) in [4.78, 5) is 27.7. The van der Waals surface area contributed by atoms with Crippen LogP contribution in [0.2, 0.25) is 0 Å². The largest absolute Gasteiger partial charge is 0.494 e. The summed E-state index contributed by atoms with van der Waals surface area (Å²) in [5, 5.41) is 19.1. The highest BCUT2D eigenvalue weighted by Crippen LogP contribution is 2.43. The van der Waals surface area contributed by atoms with Gasteiger partial charge in [-0.2, -0.15) is 0 Å². The van der Waals surface area contributed by atoms with Gasteiger partial charge >= 0.3 is 5.97 Å². The highest BCUT2D eigenvalue weighted by molar-refractivity contribution is 5.88. The van der Waals surface area contributed by atoms with Crippen LogP contribution in [0.1, 0.15) is 37.3 Å². The summed E-state index contributed by atoms with van der Waals surface area (Å²) in [7, 11) is 1.74. The van der Waals surface area contributed by atoms with E-state index in [-0.39, 0.29) is 18.9 Å². The van der Waals surface area contributed by atoms with E-state index in [1.807, 2.05) is 25.1 Å². The second kappa shape index (κ2) is 7.86. The van der Waals surface area contributed by atoms with E-state index < -0.39 is 17.4 Å². The molecule has 1 aromatic rings. The number of carboxylic acid groups (broad SMARTS) is 1. The molecule has 1 spiro atoms. The lowest BCUT2D eigenvalue weighted by Crippen LogP contribution is -2.55. The molecule has 2 heterocycles. The average Bonchev–Trinajstić information content (AvgIpc) is 2.90. The highest BCUT2D eigenvalue weighted by Gasteiger charge is 2.55. The van der Waals surface area contributed by atoms with Gasteiger partial charge in [-0.05, 0) is 37.5 Å². The van der Waals surface area contributed by atoms with Crippen molar-refractivity contribution in [2.75, 3.05) is 26.7 Å². The van der Waals surface area contributed by atoms with Crippen LogP contribution in [0.5, 0.6) is 5.75 Å². The number of hydrogen-bond acceptors (Lipinski definition) is 5. The molecule has 2 aliphatic heterocycles. The molecule has 2 aliphatic rings. The molecule has 0 bridgehead atoms. The van der Waals surface area contributed by atoms with Crippen molar-refractivity contribution >= 4 is 11.9 Å². The number of aliphatic carboxylic acids is 1. The van der Waals surface area contributed by atoms with E-state index in [9.17, 15) is 19.8 Å². The number of likely N-dealkylation sites (tertiary alicyclic amines) is 2. The van der Waals surface area contributed by atoms with Crippen molar-refractivity contribution in [1.82, 2.24) is 9.80 Å². The second-order valence-electron chi connectivity index (χ2n) is 7.46. The van der Waals surface area contributed by atoms with Crippen LogP contribution in [0.4, 0.5) is 0 Å². The lowest BCUT2D eigenvalue weighted by atomic mass is 9.77. The van der Waals surface area contributed by atoms with Gasteiger partial charge in [-0.3, -0.25) is 14.5 Å². The number of carbonyl (C=O) groups excluding carboxylic acids is 1. The first-order chi connectivity index (χ1) is 12.9. The number of aliphatic hydroxyl groups is 1. The minimum absolute atomic E-state index is 0.0700. The SMILES string of the molecule is CCOc1ccc(CN2CCC3(CC2)[C@@H](C(=O)O)CC(=O)N3C)cc1CO. The molecule has 3 rings (SSSR count). The van der Waals surface area contributed by atoms with Crippen LogP contribution < -0.4 is 4.74 Å². The number of ether oxygens (including phenoxy) is 1. The molecule has 1 atom stereocenters. The molecule has 0 radical (unpaired) electrons. The maximum Gasteiger partial charge on any atom is 0.309 e. The van der Waals surface area contributed by atoms with E-state index in [1.165, 1.54) is 0 Å². The summed E-state index contributed by atoms with van der Waals surface area (Å²) in [5.41, 5.74) is 1.30. The van der Waals surface area contributed by atoms with E-state index in [0.717, 1.165) is 30.8 Å². The third kappa shape index (κ3) is 3.66. The van der Waals surface area contributed by atoms with Gasteiger partial charge in [0.25, 0.3) is 0 Å². The standard InChI is InChI=1S/C20H28N2O5/c1-3-27-17-5-4-14(10-15(17)13-23)12-22-8-6-20(7-9-22)16(19(25)26)11-18(24)21(20)2/h4-5,10,16,23H,3,6-9,11-13H2,1-2H3,(H,25,26)/t16-/m1/s1. The molecular weight excluding hydrogens is 348 g/mol. The van der Waals surface area contributed by atoms with Crippen LogP contribution >= 0.6 is 0 Å². The number of aliphatic hydroxyl groups excluding tert-OH is 1. The number of hydrogen-bond donors (Lipinski definition) is 2. The number of benzene rings is 1. The van der Waals surface area contributed by atoms with Gasteiger partial charge in [0.15, 0.2) is 0 Å². The summed E-state index contributed by atoms with van der Waals surface area (Å²) < 4.78 is 5.53. The molecule has 0 aromatic heterocycles. The fraction of sp³-hybridized carbons (Fsp3) is 0.600. The predicted molar refractivity (Wildman–Crippen MR) is 99.3 cm³/mol. The lowest BCUT2D eigenvalue weighted by molar-refractivity contribution is -0.146. The molecule has 27 heavy (non-hydrogen) atoms. The number of piperidine rings is 1. The maximum absolute atomic E-state index is 12.1. The zero-order chi connectivity index (χ0) is 19.6. The van der Waals surface area contributed by atoms with Crippen molar-refractivity contribution in [3.8, 4) is 5.75 Å². The molecule has 148 valence electrons. The Morgan fingerprint density at radius 3 is 2.63 bits per heavy atom. The summed E-state index contributed by atoms with van der Waals surface area (Å²) in [6, 6.07) is 5.85. The van der Waals surface area contributed by atoms with Gasteiger partial charge in [-0.1, -0.05) is 6.07 Å². The molecular formula is C20H28N2O5. The molecule has 7 heteroatoms. The second-order valence-corrected chi connectivity index (χ2v) is 7.46. The first kappa shape index (κ1) is 19.6. The van der Waals surface area contributed by atoms with Gasteiger partial charge in [0.1, 0.15) is 5.75 Å². The fourth-order valence-corrected chi connectivity index (χ4v) is 4.49. The van der Waals surface area contributed by atoms with Crippen molar-refractivity contribution in [3.05, 3.63) is 29.3 Å². The van der Waals surface area contributed by atoms with Gasteiger partial charge in [0, 0.05) is 38.7 Å². The van der Waals surface area contributed by atoms with Crippen molar-refractivity contribution < 1.29 is 24.5 Å². The normalized spacial score (nSPS) is 22.4. The Morgan fingerprint density at radius 1 is 1.33 bits per heavy atom. The van der Waals surface area contributed by atoms with E-state index in [1.54, 1.807) is 11.9 Å². The molecule has 2 N–H and O–H groups in total. The Bertz CT molecular complexity index is 712. The topological polar surface area (TPSA) is 90.3 Å². The molecule has 0 aliphatic carbocycles. The lowest BCUT2D eigenvalue weighted by Gasteiger charge is -2.45. The minimum Gasteiger partial charge on any atom is -0.494 e. The summed E-state index contributed by atoms with van der Waals surface area (Å²) >= 11 is 0. The Balaban J connectivity index is 1.68. The Labute approximate surface area is 159 Å². The van der Waals surface area contributed by atoms with Gasteiger partial charge in [-0.25, -0.2) is 0 Å². The monoisotopic (exact) mass is 376 g/mol. The molecule has 7 nitrogen and oxygen atoms in total. The third-order valence-electron chi connectivity index (χ3n) is 6.09. The zero-order valence-corrected chi connectivity index (χ0v) is 16.0. The molecule has 0 unspecified atom stereocenters. The Kier molecular flexibility index (Phi) is 5.72. The first-order valence-corrected chi connectivity index (χ1v) is 9.48. The van der Waals surface area contributed by atoms with Crippen molar-refractivity contribution in [1.29, 1.82) is 0 Å². The predicted octanol–water partition coefficient (Wildman–Crippen LogP) is 1.48. The quantitative estimate of drug-likeness (QED) is 0.782. The molecule has 1 amide bonds. The summed E-state index contributed by atoms with van der Waals surface area (Å²) in [5.74, 6) is -0.865. The van der Waals surface area contributed by atoms with Gasteiger partial charge < -0.3 is 19.8 Å². The number of nitrogens with zero attached hydrogens (tertiary/aromatic N) is 2. The fourth-order valence-electron chi connectivity index (χ4n) is 4.49. The van der Waals surface area contributed by atoms with Gasteiger partial charge in [0.05, 0.1) is 24.7 Å². The van der Waals surface area contributed by atoms with Crippen LogP contribution in [0, 0.1) is 5.92 Å². The number of carboxylic acids is 1. The first-order valence-electron chi connectivity index (χ1n) is 9.48. The van der Waals surface area contributed by atoms with Crippen molar-refractivity contribution in [2.24, 2.45) is 5.92 Å². The van der Waals surface area contributed by atoms with Gasteiger partial charge in [-0.15, -0.1) is 0 Å². The summed E-state index contributed by atoms with van der Waals surface area (Å²) in [6.45, 7) is 4.60.